The van der Waals surface area contributed by atoms with E-state index in [4.69, 9.17) is 4.74 Å². The van der Waals surface area contributed by atoms with E-state index in [0.29, 0.717) is 19.3 Å². The molecule has 0 atom stereocenters. The van der Waals surface area contributed by atoms with Gasteiger partial charge in [-0.3, -0.25) is 19.2 Å². The van der Waals surface area contributed by atoms with Crippen molar-refractivity contribution in [3.63, 3.8) is 0 Å². The van der Waals surface area contributed by atoms with Crippen molar-refractivity contribution in [1.82, 2.24) is 0 Å². The lowest BCUT2D eigenvalue weighted by Crippen LogP contribution is -2.28. The molecule has 0 aromatic heterocycles. The molecule has 0 aliphatic heterocycles. The van der Waals surface area contributed by atoms with E-state index in [9.17, 15) is 19.2 Å². The molecule has 1 rings (SSSR count). The van der Waals surface area contributed by atoms with E-state index in [0.717, 1.165) is 0 Å². The van der Waals surface area contributed by atoms with E-state index in [2.05, 4.69) is 0 Å². The van der Waals surface area contributed by atoms with Crippen LogP contribution in [0.2, 0.25) is 0 Å². The minimum absolute atomic E-state index is 0.0145. The summed E-state index contributed by atoms with van der Waals surface area (Å²) in [6, 6.07) is 0. The second-order valence-corrected chi connectivity index (χ2v) is 5.13. The molecule has 0 aromatic carbocycles. The average Bonchev–Trinajstić information content (AvgIpc) is 2.66. The number of ketones is 3. The van der Waals surface area contributed by atoms with Gasteiger partial charge in [-0.15, -0.1) is 0 Å². The molecule has 19 heavy (non-hydrogen) atoms. The van der Waals surface area contributed by atoms with Crippen LogP contribution in [0.5, 0.6) is 0 Å². The molecule has 106 valence electrons. The van der Waals surface area contributed by atoms with Crippen LogP contribution in [0, 0.1) is 5.92 Å². The first-order valence-electron chi connectivity index (χ1n) is 6.69. The topological polar surface area (TPSA) is 77.5 Å². The van der Waals surface area contributed by atoms with Crippen LogP contribution in [0.3, 0.4) is 0 Å². The fourth-order valence-corrected chi connectivity index (χ4v) is 1.87. The van der Waals surface area contributed by atoms with Crippen molar-refractivity contribution in [2.75, 3.05) is 0 Å². The van der Waals surface area contributed by atoms with Gasteiger partial charge in [0.2, 0.25) is 6.10 Å². The quantitative estimate of drug-likeness (QED) is 0.398. The van der Waals surface area contributed by atoms with Crippen LogP contribution < -0.4 is 0 Å². The van der Waals surface area contributed by atoms with Crippen LogP contribution in [-0.2, 0) is 23.9 Å². The Morgan fingerprint density at radius 2 is 1.63 bits per heavy atom. The van der Waals surface area contributed by atoms with Gasteiger partial charge in [-0.2, -0.15) is 0 Å². The number of unbranched alkanes of at least 4 members (excludes halogenated alkanes) is 1. The Hall–Kier alpha value is -1.52. The van der Waals surface area contributed by atoms with Crippen LogP contribution in [-0.4, -0.2) is 29.4 Å². The highest BCUT2D eigenvalue weighted by Gasteiger charge is 2.35. The third-order valence-corrected chi connectivity index (χ3v) is 3.15. The predicted molar refractivity (Wildman–Crippen MR) is 67.4 cm³/mol. The van der Waals surface area contributed by atoms with Gasteiger partial charge in [0.15, 0.2) is 11.6 Å². The van der Waals surface area contributed by atoms with E-state index < -0.39 is 12.1 Å². The van der Waals surface area contributed by atoms with Crippen molar-refractivity contribution in [2.45, 2.75) is 58.5 Å². The average molecular weight is 268 g/mol. The van der Waals surface area contributed by atoms with Crippen LogP contribution in [0.4, 0.5) is 0 Å². The fourth-order valence-electron chi connectivity index (χ4n) is 1.87. The summed E-state index contributed by atoms with van der Waals surface area (Å²) in [4.78, 5) is 45.3. The largest absolute Gasteiger partial charge is 0.446 e. The maximum Gasteiger partial charge on any atom is 0.306 e. The van der Waals surface area contributed by atoms with Crippen molar-refractivity contribution >= 4 is 23.3 Å². The van der Waals surface area contributed by atoms with Crippen LogP contribution in [0.15, 0.2) is 0 Å². The Morgan fingerprint density at radius 3 is 2.16 bits per heavy atom. The van der Waals surface area contributed by atoms with Gasteiger partial charge in [0.25, 0.3) is 0 Å². The summed E-state index contributed by atoms with van der Waals surface area (Å²) in [6.45, 7) is 3.68. The van der Waals surface area contributed by atoms with E-state index in [1.54, 1.807) is 0 Å². The summed E-state index contributed by atoms with van der Waals surface area (Å²) in [6.07, 6.45) is 0.906. The highest BCUT2D eigenvalue weighted by atomic mass is 16.5. The molecule has 5 nitrogen and oxygen atoms in total. The van der Waals surface area contributed by atoms with E-state index in [1.807, 2.05) is 13.8 Å². The van der Waals surface area contributed by atoms with Crippen molar-refractivity contribution in [1.29, 1.82) is 0 Å². The highest BCUT2D eigenvalue weighted by Crippen LogP contribution is 2.15. The third-order valence-electron chi connectivity index (χ3n) is 3.15. The zero-order valence-corrected chi connectivity index (χ0v) is 11.4. The Bertz CT molecular complexity index is 367. The molecule has 0 spiro atoms. The van der Waals surface area contributed by atoms with Crippen molar-refractivity contribution < 1.29 is 23.9 Å². The van der Waals surface area contributed by atoms with Gasteiger partial charge in [0.1, 0.15) is 5.78 Å². The maximum absolute atomic E-state index is 11.5. The molecule has 5 heteroatoms. The maximum atomic E-state index is 11.5. The van der Waals surface area contributed by atoms with Gasteiger partial charge in [0.05, 0.1) is 0 Å². The van der Waals surface area contributed by atoms with Gasteiger partial charge in [0, 0.05) is 31.6 Å². The molecular weight excluding hydrogens is 248 g/mol. The second-order valence-electron chi connectivity index (χ2n) is 5.13. The Morgan fingerprint density at radius 1 is 1.11 bits per heavy atom. The van der Waals surface area contributed by atoms with Crippen molar-refractivity contribution in [3.8, 4) is 0 Å². The van der Waals surface area contributed by atoms with Crippen molar-refractivity contribution in [3.05, 3.63) is 0 Å². The van der Waals surface area contributed by atoms with E-state index >= 15 is 0 Å². The number of Topliss-reactive ketones (excluding diaryl/α,β-unsaturated/α-hetero) is 3. The number of hydrogen-bond acceptors (Lipinski definition) is 5. The minimum Gasteiger partial charge on any atom is -0.446 e. The third kappa shape index (κ3) is 4.93. The molecule has 0 aromatic rings. The smallest absolute Gasteiger partial charge is 0.306 e. The highest BCUT2D eigenvalue weighted by molar-refractivity contribution is 6.12. The molecule has 1 fully saturated rings. The molecule has 0 N–H and O–H groups in total. The minimum atomic E-state index is -1.18. The molecule has 0 radical (unpaired) electrons. The summed E-state index contributed by atoms with van der Waals surface area (Å²) in [5.74, 6) is -0.970. The fraction of sp³-hybridized carbons (Fsp3) is 0.714. The van der Waals surface area contributed by atoms with Crippen LogP contribution in [0.25, 0.3) is 0 Å². The first kappa shape index (κ1) is 15.5. The molecule has 0 saturated heterocycles. The molecular formula is C14H20O5. The van der Waals surface area contributed by atoms with Gasteiger partial charge in [-0.25, -0.2) is 0 Å². The lowest BCUT2D eigenvalue weighted by molar-refractivity contribution is -0.157. The number of carbonyl (C=O) groups excluding carboxylic acids is 4. The number of hydrogen-bond donors (Lipinski definition) is 0. The molecule has 1 aliphatic rings. The summed E-state index contributed by atoms with van der Waals surface area (Å²) < 4.78 is 4.87. The molecule has 0 amide bonds. The van der Waals surface area contributed by atoms with Gasteiger partial charge < -0.3 is 4.74 Å². The monoisotopic (exact) mass is 268 g/mol. The second kappa shape index (κ2) is 7.16. The zero-order chi connectivity index (χ0) is 14.4. The lowest BCUT2D eigenvalue weighted by atomic mass is 10.0. The Kier molecular flexibility index (Phi) is 5.86. The summed E-state index contributed by atoms with van der Waals surface area (Å²) in [7, 11) is 0. The normalized spacial score (nSPS) is 16.2. The number of rotatable bonds is 7. The number of ether oxygens (including phenoxy) is 1. The standard InChI is InChI=1S/C14H20O5/c1-9(2)10(15)5-3-4-6-13(18)19-14-11(16)7-8-12(14)17/h9,14H,3-8H2,1-2H3. The zero-order valence-electron chi connectivity index (χ0n) is 11.4. The lowest BCUT2D eigenvalue weighted by Gasteiger charge is -2.09. The van der Waals surface area contributed by atoms with Gasteiger partial charge in [-0.05, 0) is 12.8 Å². The molecule has 0 heterocycles. The number of esters is 1. The van der Waals surface area contributed by atoms with Crippen LogP contribution in [0.1, 0.15) is 52.4 Å². The summed E-state index contributed by atoms with van der Waals surface area (Å²) >= 11 is 0. The summed E-state index contributed by atoms with van der Waals surface area (Å²) in [5.41, 5.74) is 0. The Labute approximate surface area is 112 Å². The predicted octanol–water partition coefficient (Wildman–Crippen LogP) is 1.62. The first-order chi connectivity index (χ1) is 8.91. The summed E-state index contributed by atoms with van der Waals surface area (Å²) in [5, 5.41) is 0. The molecule has 1 saturated carbocycles. The first-order valence-corrected chi connectivity index (χ1v) is 6.69. The molecule has 0 unspecified atom stereocenters. The van der Waals surface area contributed by atoms with E-state index in [1.165, 1.54) is 0 Å². The van der Waals surface area contributed by atoms with Gasteiger partial charge in [-0.1, -0.05) is 13.8 Å². The molecule has 0 bridgehead atoms. The SMILES string of the molecule is CC(C)C(=O)CCCCC(=O)OC1C(=O)CCC1=O. The van der Waals surface area contributed by atoms with Gasteiger partial charge >= 0.3 is 5.97 Å². The van der Waals surface area contributed by atoms with Crippen molar-refractivity contribution in [2.24, 2.45) is 5.92 Å². The van der Waals surface area contributed by atoms with E-state index in [-0.39, 0.29) is 42.5 Å². The molecule has 1 aliphatic carbocycles. The van der Waals surface area contributed by atoms with Crippen LogP contribution >= 0.6 is 0 Å². The number of carbonyl (C=O) groups is 4. The Balaban J connectivity index is 2.20.